The standard InChI is InChI=1S/C22H20N2O7S/c1-4-30-20-17(31-14(3)25)10-9-16(19(20)24(28)29)11-18-21(26)23(22(27)32-18)12-15-7-5-13(2)6-8-15/h5-11H,4,12H2,1-3H3/b18-11-. The number of carbonyl (C=O) groups excluding carboxylic acids is 3. The molecule has 0 saturated carbocycles. The second kappa shape index (κ2) is 9.65. The van der Waals surface area contributed by atoms with E-state index >= 15 is 0 Å². The van der Waals surface area contributed by atoms with Crippen LogP contribution in [0.5, 0.6) is 11.5 Å². The average molecular weight is 456 g/mol. The normalized spacial score (nSPS) is 14.7. The molecule has 1 aliphatic heterocycles. The van der Waals surface area contributed by atoms with Gasteiger partial charge in [0.25, 0.3) is 11.1 Å². The number of imide groups is 1. The van der Waals surface area contributed by atoms with E-state index in [-0.39, 0.29) is 35.1 Å². The summed E-state index contributed by atoms with van der Waals surface area (Å²) in [5, 5.41) is 11.3. The Bertz CT molecular complexity index is 1130. The highest BCUT2D eigenvalue weighted by atomic mass is 32.2. The van der Waals surface area contributed by atoms with Gasteiger partial charge in [-0.25, -0.2) is 0 Å². The van der Waals surface area contributed by atoms with Crippen molar-refractivity contribution in [3.8, 4) is 11.5 Å². The van der Waals surface area contributed by atoms with Crippen molar-refractivity contribution in [1.29, 1.82) is 0 Å². The fourth-order valence-electron chi connectivity index (χ4n) is 3.05. The number of aryl methyl sites for hydroxylation is 1. The van der Waals surface area contributed by atoms with Gasteiger partial charge in [0.15, 0.2) is 5.75 Å². The molecule has 3 rings (SSSR count). The maximum absolute atomic E-state index is 12.8. The molecule has 0 radical (unpaired) electrons. The number of hydrogen-bond acceptors (Lipinski definition) is 8. The van der Waals surface area contributed by atoms with Crippen molar-refractivity contribution in [2.45, 2.75) is 27.3 Å². The van der Waals surface area contributed by atoms with Gasteiger partial charge >= 0.3 is 11.7 Å². The molecule has 0 aliphatic carbocycles. The lowest BCUT2D eigenvalue weighted by Gasteiger charge is -2.13. The molecule has 166 valence electrons. The summed E-state index contributed by atoms with van der Waals surface area (Å²) in [6, 6.07) is 10.1. The van der Waals surface area contributed by atoms with Crippen LogP contribution in [0.3, 0.4) is 0 Å². The van der Waals surface area contributed by atoms with Gasteiger partial charge in [-0.15, -0.1) is 0 Å². The molecule has 2 amide bonds. The van der Waals surface area contributed by atoms with Crippen LogP contribution in [0.4, 0.5) is 10.5 Å². The van der Waals surface area contributed by atoms with Crippen molar-refractivity contribution >= 4 is 40.6 Å². The third-order valence-electron chi connectivity index (χ3n) is 4.47. The van der Waals surface area contributed by atoms with E-state index in [1.165, 1.54) is 25.1 Å². The highest BCUT2D eigenvalue weighted by Crippen LogP contribution is 2.42. The predicted octanol–water partition coefficient (Wildman–Crippen LogP) is 4.46. The zero-order chi connectivity index (χ0) is 23.4. The number of nitro benzene ring substituents is 1. The maximum Gasteiger partial charge on any atom is 0.322 e. The molecule has 1 saturated heterocycles. The first-order valence-corrected chi connectivity index (χ1v) is 10.5. The maximum atomic E-state index is 12.8. The Morgan fingerprint density at radius 2 is 1.88 bits per heavy atom. The zero-order valence-corrected chi connectivity index (χ0v) is 18.4. The topological polar surface area (TPSA) is 116 Å². The fourth-order valence-corrected chi connectivity index (χ4v) is 3.87. The van der Waals surface area contributed by atoms with Crippen molar-refractivity contribution in [1.82, 2.24) is 4.90 Å². The van der Waals surface area contributed by atoms with E-state index in [0.29, 0.717) is 11.8 Å². The number of carbonyl (C=O) groups is 3. The second-order valence-electron chi connectivity index (χ2n) is 6.87. The van der Waals surface area contributed by atoms with E-state index in [0.717, 1.165) is 16.0 Å². The summed E-state index contributed by atoms with van der Waals surface area (Å²) in [5.41, 5.74) is 1.43. The lowest BCUT2D eigenvalue weighted by atomic mass is 10.1. The van der Waals surface area contributed by atoms with Crippen LogP contribution in [0.1, 0.15) is 30.5 Å². The highest BCUT2D eigenvalue weighted by molar-refractivity contribution is 8.18. The Balaban J connectivity index is 1.98. The average Bonchev–Trinajstić information content (AvgIpc) is 2.98. The van der Waals surface area contributed by atoms with Gasteiger partial charge < -0.3 is 9.47 Å². The number of esters is 1. The van der Waals surface area contributed by atoms with Gasteiger partial charge in [0, 0.05) is 6.92 Å². The van der Waals surface area contributed by atoms with Crippen LogP contribution >= 0.6 is 11.8 Å². The molecular formula is C22H20N2O7S. The molecule has 0 bridgehead atoms. The number of nitro groups is 1. The molecule has 2 aromatic rings. The molecule has 0 atom stereocenters. The number of benzene rings is 2. The summed E-state index contributed by atoms with van der Waals surface area (Å²) in [7, 11) is 0. The second-order valence-corrected chi connectivity index (χ2v) is 7.86. The highest BCUT2D eigenvalue weighted by Gasteiger charge is 2.36. The van der Waals surface area contributed by atoms with Gasteiger partial charge in [0.1, 0.15) is 0 Å². The van der Waals surface area contributed by atoms with Crippen molar-refractivity contribution < 1.29 is 28.8 Å². The molecule has 32 heavy (non-hydrogen) atoms. The summed E-state index contributed by atoms with van der Waals surface area (Å²) in [4.78, 5) is 48.9. The predicted molar refractivity (Wildman–Crippen MR) is 118 cm³/mol. The van der Waals surface area contributed by atoms with Crippen LogP contribution in [-0.4, -0.2) is 33.5 Å². The quantitative estimate of drug-likeness (QED) is 0.197. The Morgan fingerprint density at radius 1 is 1.19 bits per heavy atom. The summed E-state index contributed by atoms with van der Waals surface area (Å²) in [6.07, 6.45) is 1.28. The molecule has 0 N–H and O–H groups in total. The number of ether oxygens (including phenoxy) is 2. The molecule has 1 fully saturated rings. The van der Waals surface area contributed by atoms with Gasteiger partial charge in [-0.1, -0.05) is 29.8 Å². The number of nitrogens with zero attached hydrogens (tertiary/aromatic N) is 2. The van der Waals surface area contributed by atoms with Crippen LogP contribution < -0.4 is 9.47 Å². The molecule has 0 aromatic heterocycles. The molecule has 1 aliphatic rings. The third-order valence-corrected chi connectivity index (χ3v) is 5.38. The number of rotatable bonds is 7. The van der Waals surface area contributed by atoms with Crippen LogP contribution in [0.2, 0.25) is 0 Å². The third kappa shape index (κ3) is 4.97. The molecule has 2 aromatic carbocycles. The Labute approximate surface area is 188 Å². The van der Waals surface area contributed by atoms with Gasteiger partial charge in [0.2, 0.25) is 5.75 Å². The van der Waals surface area contributed by atoms with Crippen LogP contribution in [0.25, 0.3) is 6.08 Å². The first kappa shape index (κ1) is 23.0. The molecule has 0 spiro atoms. The summed E-state index contributed by atoms with van der Waals surface area (Å²) >= 11 is 0.703. The number of amides is 2. The van der Waals surface area contributed by atoms with Gasteiger partial charge in [-0.3, -0.25) is 29.4 Å². The zero-order valence-electron chi connectivity index (χ0n) is 17.6. The monoisotopic (exact) mass is 456 g/mol. The summed E-state index contributed by atoms with van der Waals surface area (Å²) in [6.45, 7) is 4.91. The van der Waals surface area contributed by atoms with E-state index in [9.17, 15) is 24.5 Å². The van der Waals surface area contributed by atoms with Crippen molar-refractivity contribution in [3.63, 3.8) is 0 Å². The van der Waals surface area contributed by atoms with Crippen molar-refractivity contribution in [2.24, 2.45) is 0 Å². The first-order chi connectivity index (χ1) is 15.2. The van der Waals surface area contributed by atoms with Gasteiger partial charge in [-0.2, -0.15) is 0 Å². The smallest absolute Gasteiger partial charge is 0.322 e. The lowest BCUT2D eigenvalue weighted by Crippen LogP contribution is -2.27. The minimum absolute atomic E-state index is 0.0490. The van der Waals surface area contributed by atoms with E-state index in [4.69, 9.17) is 9.47 Å². The SMILES string of the molecule is CCOc1c(OC(C)=O)ccc(/C=C2\SC(=O)N(Cc3ccc(C)cc3)C2=O)c1[N+](=O)[O-]. The Hall–Kier alpha value is -3.66. The minimum Gasteiger partial charge on any atom is -0.485 e. The molecule has 1 heterocycles. The van der Waals surface area contributed by atoms with Crippen molar-refractivity contribution in [2.75, 3.05) is 6.61 Å². The molecule has 9 nitrogen and oxygen atoms in total. The summed E-state index contributed by atoms with van der Waals surface area (Å²) < 4.78 is 10.4. The van der Waals surface area contributed by atoms with E-state index in [1.54, 1.807) is 6.92 Å². The first-order valence-electron chi connectivity index (χ1n) is 9.64. The minimum atomic E-state index is -0.680. The fraction of sp³-hybridized carbons (Fsp3) is 0.227. The van der Waals surface area contributed by atoms with Crippen LogP contribution in [-0.2, 0) is 16.1 Å². The van der Waals surface area contributed by atoms with Crippen LogP contribution in [0.15, 0.2) is 41.3 Å². The van der Waals surface area contributed by atoms with Gasteiger partial charge in [0.05, 0.1) is 28.5 Å². The Morgan fingerprint density at radius 3 is 2.47 bits per heavy atom. The largest absolute Gasteiger partial charge is 0.485 e. The van der Waals surface area contributed by atoms with E-state index in [2.05, 4.69) is 0 Å². The van der Waals surface area contributed by atoms with Crippen LogP contribution in [0, 0.1) is 17.0 Å². The van der Waals surface area contributed by atoms with Crippen molar-refractivity contribution in [3.05, 3.63) is 68.1 Å². The number of hydrogen-bond donors (Lipinski definition) is 0. The molecule has 0 unspecified atom stereocenters. The molecule has 10 heteroatoms. The Kier molecular flexibility index (Phi) is 6.94. The van der Waals surface area contributed by atoms with Gasteiger partial charge in [-0.05, 0) is 49.4 Å². The summed E-state index contributed by atoms with van der Waals surface area (Å²) in [5.74, 6) is -1.53. The lowest BCUT2D eigenvalue weighted by molar-refractivity contribution is -0.386. The van der Waals surface area contributed by atoms with E-state index in [1.807, 2.05) is 31.2 Å². The number of thioether (sulfide) groups is 1. The van der Waals surface area contributed by atoms with E-state index < -0.39 is 27.7 Å². The molecular weight excluding hydrogens is 436 g/mol.